The fourth-order valence-corrected chi connectivity index (χ4v) is 6.08. The van der Waals surface area contributed by atoms with Crippen LogP contribution in [0.4, 0.5) is 0 Å². The Bertz CT molecular complexity index is 843. The largest absolute Gasteiger partial charge is 0.377 e. The molecule has 3 nitrogen and oxygen atoms in total. The fourth-order valence-electron chi connectivity index (χ4n) is 5.96. The molecule has 3 aliphatic rings. The molecule has 1 aliphatic heterocycles. The van der Waals surface area contributed by atoms with Gasteiger partial charge in [0.1, 0.15) is 0 Å². The van der Waals surface area contributed by atoms with Crippen LogP contribution in [-0.4, -0.2) is 25.2 Å². The molecule has 156 valence electrons. The van der Waals surface area contributed by atoms with Crippen molar-refractivity contribution in [3.8, 4) is 0 Å². The number of rotatable bonds is 3. The van der Waals surface area contributed by atoms with Crippen molar-refractivity contribution in [3.05, 3.63) is 58.1 Å². The molecule has 1 N–H and O–H groups in total. The molecule has 1 saturated carbocycles. The Kier molecular flexibility index (Phi) is 5.65. The Balaban J connectivity index is 1.74. The zero-order valence-corrected chi connectivity index (χ0v) is 18.6. The van der Waals surface area contributed by atoms with Gasteiger partial charge in [-0.2, -0.15) is 0 Å². The summed E-state index contributed by atoms with van der Waals surface area (Å²) >= 11 is 6.19. The summed E-state index contributed by atoms with van der Waals surface area (Å²) in [5.41, 5.74) is 3.82. The molecule has 1 aromatic rings. The SMILES string of the molecule is COC1C=C(C)C([C@@H]2CC[C@@]3(C)C(=O)N[C@H](C)[C@H]3C[C@H]2c2ccc(Cl)cc2)=CC1. The molecule has 29 heavy (non-hydrogen) atoms. The zero-order valence-electron chi connectivity index (χ0n) is 17.9. The van der Waals surface area contributed by atoms with E-state index in [-0.39, 0.29) is 23.5 Å². The van der Waals surface area contributed by atoms with Crippen LogP contribution in [0.2, 0.25) is 5.02 Å². The minimum absolute atomic E-state index is 0.168. The molecular formula is C25H32ClNO2. The van der Waals surface area contributed by atoms with Crippen LogP contribution in [0.3, 0.4) is 0 Å². The number of carbonyl (C=O) groups excluding carboxylic acids is 1. The number of amides is 1. The van der Waals surface area contributed by atoms with Crippen molar-refractivity contribution in [2.24, 2.45) is 17.3 Å². The topological polar surface area (TPSA) is 38.3 Å². The van der Waals surface area contributed by atoms with Crippen LogP contribution in [0.25, 0.3) is 0 Å². The quantitative estimate of drug-likeness (QED) is 0.694. The van der Waals surface area contributed by atoms with Gasteiger partial charge in [0, 0.05) is 18.2 Å². The fraction of sp³-hybridized carbons (Fsp3) is 0.560. The second kappa shape index (κ2) is 7.92. The van der Waals surface area contributed by atoms with Crippen molar-refractivity contribution in [2.75, 3.05) is 7.11 Å². The van der Waals surface area contributed by atoms with E-state index in [1.165, 1.54) is 16.7 Å². The van der Waals surface area contributed by atoms with Gasteiger partial charge in [-0.05, 0) is 86.1 Å². The van der Waals surface area contributed by atoms with E-state index in [0.29, 0.717) is 17.8 Å². The number of allylic oxidation sites excluding steroid dienone is 2. The molecule has 0 bridgehead atoms. The molecular weight excluding hydrogens is 382 g/mol. The average Bonchev–Trinajstić information content (AvgIpc) is 2.82. The second-order valence-corrected chi connectivity index (χ2v) is 9.78. The van der Waals surface area contributed by atoms with Gasteiger partial charge in [-0.15, -0.1) is 0 Å². The number of methoxy groups -OCH3 is 1. The van der Waals surface area contributed by atoms with Gasteiger partial charge < -0.3 is 10.1 Å². The molecule has 1 heterocycles. The van der Waals surface area contributed by atoms with Crippen molar-refractivity contribution >= 4 is 17.5 Å². The molecule has 0 spiro atoms. The third-order valence-corrected chi connectivity index (χ3v) is 7.98. The van der Waals surface area contributed by atoms with E-state index in [2.05, 4.69) is 50.4 Å². The molecule has 1 unspecified atom stereocenters. The molecule has 6 atom stereocenters. The Labute approximate surface area is 179 Å². The number of halogens is 1. The van der Waals surface area contributed by atoms with E-state index in [0.717, 1.165) is 30.7 Å². The molecule has 4 rings (SSSR count). The average molecular weight is 414 g/mol. The maximum absolute atomic E-state index is 12.8. The number of ether oxygens (including phenoxy) is 1. The van der Waals surface area contributed by atoms with Gasteiger partial charge in [0.25, 0.3) is 0 Å². The lowest BCUT2D eigenvalue weighted by Gasteiger charge is -2.33. The predicted octanol–water partition coefficient (Wildman–Crippen LogP) is 5.66. The third kappa shape index (κ3) is 3.68. The first kappa shape index (κ1) is 20.7. The van der Waals surface area contributed by atoms with Crippen LogP contribution >= 0.6 is 11.6 Å². The smallest absolute Gasteiger partial charge is 0.226 e. The first-order valence-corrected chi connectivity index (χ1v) is 11.2. The first-order chi connectivity index (χ1) is 13.8. The van der Waals surface area contributed by atoms with Gasteiger partial charge in [-0.1, -0.05) is 42.8 Å². The predicted molar refractivity (Wildman–Crippen MR) is 118 cm³/mol. The van der Waals surface area contributed by atoms with Crippen LogP contribution in [-0.2, 0) is 9.53 Å². The van der Waals surface area contributed by atoms with Gasteiger partial charge in [0.2, 0.25) is 5.91 Å². The van der Waals surface area contributed by atoms with E-state index in [4.69, 9.17) is 16.3 Å². The van der Waals surface area contributed by atoms with E-state index in [1.807, 2.05) is 12.1 Å². The molecule has 0 aromatic heterocycles. The maximum Gasteiger partial charge on any atom is 0.226 e. The summed E-state index contributed by atoms with van der Waals surface area (Å²) in [7, 11) is 1.78. The number of hydrogen-bond acceptors (Lipinski definition) is 2. The van der Waals surface area contributed by atoms with Crippen LogP contribution < -0.4 is 5.32 Å². The van der Waals surface area contributed by atoms with Crippen LogP contribution in [0.1, 0.15) is 57.9 Å². The summed E-state index contributed by atoms with van der Waals surface area (Å²) in [5.74, 6) is 1.37. The minimum Gasteiger partial charge on any atom is -0.377 e. The van der Waals surface area contributed by atoms with Crippen LogP contribution in [0.5, 0.6) is 0 Å². The maximum atomic E-state index is 12.8. The summed E-state index contributed by atoms with van der Waals surface area (Å²) in [6.07, 6.45) is 8.70. The van der Waals surface area contributed by atoms with Crippen LogP contribution in [0.15, 0.2) is 47.6 Å². The minimum atomic E-state index is -0.277. The van der Waals surface area contributed by atoms with Crippen molar-refractivity contribution < 1.29 is 9.53 Å². The van der Waals surface area contributed by atoms with Gasteiger partial charge in [0.05, 0.1) is 11.5 Å². The highest BCUT2D eigenvalue weighted by molar-refractivity contribution is 6.30. The van der Waals surface area contributed by atoms with Crippen molar-refractivity contribution in [3.63, 3.8) is 0 Å². The van der Waals surface area contributed by atoms with Crippen molar-refractivity contribution in [2.45, 2.75) is 64.5 Å². The zero-order chi connectivity index (χ0) is 20.8. The van der Waals surface area contributed by atoms with E-state index in [9.17, 15) is 4.79 Å². The van der Waals surface area contributed by atoms with Gasteiger partial charge in [-0.3, -0.25) is 4.79 Å². The molecule has 2 fully saturated rings. The molecule has 1 aromatic carbocycles. The lowest BCUT2D eigenvalue weighted by molar-refractivity contribution is -0.128. The lowest BCUT2D eigenvalue weighted by Crippen LogP contribution is -2.31. The number of carbonyl (C=O) groups is 1. The number of benzene rings is 1. The third-order valence-electron chi connectivity index (χ3n) is 7.73. The highest BCUT2D eigenvalue weighted by Gasteiger charge is 2.53. The normalized spacial score (nSPS) is 37.3. The van der Waals surface area contributed by atoms with Gasteiger partial charge in [-0.25, -0.2) is 0 Å². The Morgan fingerprint density at radius 1 is 1.21 bits per heavy atom. The summed E-state index contributed by atoms with van der Waals surface area (Å²) < 4.78 is 5.56. The monoisotopic (exact) mass is 413 g/mol. The molecule has 2 aliphatic carbocycles. The van der Waals surface area contributed by atoms with E-state index in [1.54, 1.807) is 7.11 Å². The van der Waals surface area contributed by atoms with E-state index < -0.39 is 0 Å². The number of fused-ring (bicyclic) bond motifs is 1. The highest BCUT2D eigenvalue weighted by atomic mass is 35.5. The van der Waals surface area contributed by atoms with E-state index >= 15 is 0 Å². The molecule has 4 heteroatoms. The summed E-state index contributed by atoms with van der Waals surface area (Å²) in [4.78, 5) is 12.8. The van der Waals surface area contributed by atoms with Crippen molar-refractivity contribution in [1.82, 2.24) is 5.32 Å². The summed E-state index contributed by atoms with van der Waals surface area (Å²) in [6.45, 7) is 6.55. The summed E-state index contributed by atoms with van der Waals surface area (Å²) in [5, 5.41) is 3.99. The standard InChI is InChI=1S/C25H32ClNO2/c1-15-13-19(29-4)9-10-20(15)21-11-12-25(3)23(16(2)27-24(25)28)14-22(21)17-5-7-18(26)8-6-17/h5-8,10,13,16,19,21-23H,9,11-12,14H2,1-4H3,(H,27,28)/t16-,19?,21+,22+,23-,25-/m1/s1. The summed E-state index contributed by atoms with van der Waals surface area (Å²) in [6, 6.07) is 8.57. The van der Waals surface area contributed by atoms with Gasteiger partial charge in [0.15, 0.2) is 0 Å². The Morgan fingerprint density at radius 2 is 1.93 bits per heavy atom. The highest BCUT2D eigenvalue weighted by Crippen LogP contribution is 2.53. The number of hydrogen-bond donors (Lipinski definition) is 1. The van der Waals surface area contributed by atoms with Crippen molar-refractivity contribution in [1.29, 1.82) is 0 Å². The Hall–Kier alpha value is -1.58. The first-order valence-electron chi connectivity index (χ1n) is 10.8. The molecule has 0 radical (unpaired) electrons. The lowest BCUT2D eigenvalue weighted by atomic mass is 9.71. The van der Waals surface area contributed by atoms with Gasteiger partial charge >= 0.3 is 0 Å². The van der Waals surface area contributed by atoms with Crippen LogP contribution in [0, 0.1) is 17.3 Å². The number of nitrogens with one attached hydrogen (secondary N) is 1. The Morgan fingerprint density at radius 3 is 2.59 bits per heavy atom. The molecule has 1 saturated heterocycles. The molecule has 1 amide bonds. The second-order valence-electron chi connectivity index (χ2n) is 9.34.